The molecule has 0 unspecified atom stereocenters. The van der Waals surface area contributed by atoms with Gasteiger partial charge >= 0.3 is 0 Å². The Hall–Kier alpha value is -2.88. The number of aryl methyl sites for hydroxylation is 3. The van der Waals surface area contributed by atoms with Crippen LogP contribution >= 0.6 is 0 Å². The molecular weight excluding hydrogens is 284 g/mol. The minimum Gasteiger partial charge on any atom is -0.319 e. The van der Waals surface area contributed by atoms with Crippen LogP contribution in [-0.2, 0) is 7.05 Å². The molecule has 0 aliphatic heterocycles. The van der Waals surface area contributed by atoms with Crippen LogP contribution in [0, 0.1) is 13.8 Å². The molecule has 4 heteroatoms. The number of hydrogen-bond donors (Lipinski definition) is 0. The van der Waals surface area contributed by atoms with E-state index in [1.807, 2.05) is 13.1 Å². The highest BCUT2D eigenvalue weighted by molar-refractivity contribution is 5.81. The molecule has 114 valence electrons. The van der Waals surface area contributed by atoms with Crippen LogP contribution in [-0.4, -0.2) is 19.6 Å². The first-order valence-corrected chi connectivity index (χ1v) is 7.69. The lowest BCUT2D eigenvalue weighted by Gasteiger charge is -2.10. The number of rotatable bonds is 2. The lowest BCUT2D eigenvalue weighted by Crippen LogP contribution is -1.98. The molecule has 0 saturated carbocycles. The molecule has 0 aliphatic rings. The zero-order valence-corrected chi connectivity index (χ0v) is 13.5. The summed E-state index contributed by atoms with van der Waals surface area (Å²) in [6.07, 6.45) is 0. The Morgan fingerprint density at radius 3 is 2.00 bits per heavy atom. The Bertz CT molecular complexity index is 971. The minimum atomic E-state index is 0.922. The number of benzene rings is 2. The van der Waals surface area contributed by atoms with Crippen LogP contribution in [0.3, 0.4) is 0 Å². The average molecular weight is 302 g/mol. The topological polar surface area (TPSA) is 35.6 Å². The fourth-order valence-electron chi connectivity index (χ4n) is 3.08. The maximum absolute atomic E-state index is 4.38. The molecule has 4 nitrogen and oxygen atoms in total. The van der Waals surface area contributed by atoms with Crippen molar-refractivity contribution in [2.24, 2.45) is 7.05 Å². The SMILES string of the molecule is Cc1ccc(C)n1-c1ccc(-c2ccc3nn(C)nc3c2)cc1. The highest BCUT2D eigenvalue weighted by Crippen LogP contribution is 2.25. The first kappa shape index (κ1) is 13.8. The van der Waals surface area contributed by atoms with E-state index in [1.165, 1.54) is 22.6 Å². The number of fused-ring (bicyclic) bond motifs is 1. The van der Waals surface area contributed by atoms with Crippen molar-refractivity contribution in [2.45, 2.75) is 13.8 Å². The quantitative estimate of drug-likeness (QED) is 0.560. The summed E-state index contributed by atoms with van der Waals surface area (Å²) in [5.74, 6) is 0. The molecule has 0 saturated heterocycles. The third-order valence-electron chi connectivity index (χ3n) is 4.21. The third kappa shape index (κ3) is 2.32. The normalized spacial score (nSPS) is 11.3. The van der Waals surface area contributed by atoms with Crippen LogP contribution in [0.5, 0.6) is 0 Å². The van der Waals surface area contributed by atoms with E-state index in [2.05, 4.69) is 77.1 Å². The highest BCUT2D eigenvalue weighted by Gasteiger charge is 2.06. The molecule has 4 rings (SSSR count). The molecule has 2 aromatic carbocycles. The van der Waals surface area contributed by atoms with Crippen LogP contribution < -0.4 is 0 Å². The van der Waals surface area contributed by atoms with Crippen molar-refractivity contribution in [1.29, 1.82) is 0 Å². The fourth-order valence-corrected chi connectivity index (χ4v) is 3.08. The maximum Gasteiger partial charge on any atom is 0.113 e. The highest BCUT2D eigenvalue weighted by atomic mass is 15.4. The summed E-state index contributed by atoms with van der Waals surface area (Å²) in [5, 5.41) is 8.70. The lowest BCUT2D eigenvalue weighted by molar-refractivity contribution is 0.665. The largest absolute Gasteiger partial charge is 0.319 e. The Morgan fingerprint density at radius 2 is 1.30 bits per heavy atom. The van der Waals surface area contributed by atoms with Gasteiger partial charge in [0.2, 0.25) is 0 Å². The van der Waals surface area contributed by atoms with E-state index in [0.29, 0.717) is 0 Å². The molecule has 2 heterocycles. The summed E-state index contributed by atoms with van der Waals surface area (Å²) in [5.41, 5.74) is 7.87. The third-order valence-corrected chi connectivity index (χ3v) is 4.21. The summed E-state index contributed by atoms with van der Waals surface area (Å²) in [6, 6.07) is 19.1. The van der Waals surface area contributed by atoms with E-state index in [0.717, 1.165) is 16.6 Å². The van der Waals surface area contributed by atoms with Gasteiger partial charge < -0.3 is 4.57 Å². The van der Waals surface area contributed by atoms with Crippen LogP contribution in [0.4, 0.5) is 0 Å². The molecule has 0 bridgehead atoms. The van der Waals surface area contributed by atoms with Gasteiger partial charge in [0.15, 0.2) is 0 Å². The Morgan fingerprint density at radius 1 is 0.696 bits per heavy atom. The maximum atomic E-state index is 4.38. The van der Waals surface area contributed by atoms with Gasteiger partial charge in [-0.3, -0.25) is 0 Å². The van der Waals surface area contributed by atoms with Crippen molar-refractivity contribution in [3.05, 3.63) is 66.0 Å². The minimum absolute atomic E-state index is 0.922. The van der Waals surface area contributed by atoms with Gasteiger partial charge in [-0.15, -0.1) is 0 Å². The van der Waals surface area contributed by atoms with Crippen molar-refractivity contribution in [3.63, 3.8) is 0 Å². The molecular formula is C19H18N4. The van der Waals surface area contributed by atoms with Crippen LogP contribution in [0.2, 0.25) is 0 Å². The van der Waals surface area contributed by atoms with E-state index >= 15 is 0 Å². The van der Waals surface area contributed by atoms with Gasteiger partial charge in [-0.25, -0.2) is 0 Å². The first-order valence-electron chi connectivity index (χ1n) is 7.69. The van der Waals surface area contributed by atoms with Gasteiger partial charge in [-0.2, -0.15) is 15.0 Å². The summed E-state index contributed by atoms with van der Waals surface area (Å²) in [6.45, 7) is 4.26. The van der Waals surface area contributed by atoms with Crippen LogP contribution in [0.1, 0.15) is 11.4 Å². The molecule has 0 atom stereocenters. The molecule has 0 spiro atoms. The number of nitrogens with zero attached hydrogens (tertiary/aromatic N) is 4. The van der Waals surface area contributed by atoms with Gasteiger partial charge in [0.25, 0.3) is 0 Å². The Labute approximate surface area is 135 Å². The van der Waals surface area contributed by atoms with E-state index in [1.54, 1.807) is 4.80 Å². The smallest absolute Gasteiger partial charge is 0.113 e. The summed E-state index contributed by atoms with van der Waals surface area (Å²) in [4.78, 5) is 1.61. The van der Waals surface area contributed by atoms with Gasteiger partial charge in [-0.05, 0) is 61.4 Å². The Kier molecular flexibility index (Phi) is 3.05. The van der Waals surface area contributed by atoms with Crippen LogP contribution in [0.15, 0.2) is 54.6 Å². The summed E-state index contributed by atoms with van der Waals surface area (Å²) < 4.78 is 2.26. The van der Waals surface area contributed by atoms with Gasteiger partial charge in [0, 0.05) is 24.1 Å². The molecule has 23 heavy (non-hydrogen) atoms. The van der Waals surface area contributed by atoms with Crippen molar-refractivity contribution >= 4 is 11.0 Å². The zero-order valence-electron chi connectivity index (χ0n) is 13.5. The Balaban J connectivity index is 1.74. The lowest BCUT2D eigenvalue weighted by atomic mass is 10.0. The monoisotopic (exact) mass is 302 g/mol. The van der Waals surface area contributed by atoms with Crippen molar-refractivity contribution in [3.8, 4) is 16.8 Å². The summed E-state index contributed by atoms with van der Waals surface area (Å²) in [7, 11) is 1.84. The zero-order chi connectivity index (χ0) is 16.0. The molecule has 0 N–H and O–H groups in total. The van der Waals surface area contributed by atoms with Crippen molar-refractivity contribution < 1.29 is 0 Å². The van der Waals surface area contributed by atoms with Gasteiger partial charge in [0.05, 0.1) is 0 Å². The van der Waals surface area contributed by atoms with Gasteiger partial charge in [0.1, 0.15) is 11.0 Å². The predicted octanol–water partition coefficient (Wildman–Crippen LogP) is 4.04. The fraction of sp³-hybridized carbons (Fsp3) is 0.158. The second-order valence-corrected chi connectivity index (χ2v) is 5.89. The second kappa shape index (κ2) is 5.09. The standard InChI is InChI=1S/C19H18N4/c1-13-4-5-14(2)23(13)17-9-6-15(7-10-17)16-8-11-18-19(12-16)21-22(3)20-18/h4-12H,1-3H3. The van der Waals surface area contributed by atoms with Crippen molar-refractivity contribution in [2.75, 3.05) is 0 Å². The molecule has 0 amide bonds. The van der Waals surface area contributed by atoms with E-state index < -0.39 is 0 Å². The number of aromatic nitrogens is 4. The van der Waals surface area contributed by atoms with Gasteiger partial charge in [-0.1, -0.05) is 18.2 Å². The summed E-state index contributed by atoms with van der Waals surface area (Å²) >= 11 is 0. The molecule has 0 fully saturated rings. The molecule has 0 radical (unpaired) electrons. The predicted molar refractivity (Wildman–Crippen MR) is 92.7 cm³/mol. The van der Waals surface area contributed by atoms with E-state index in [-0.39, 0.29) is 0 Å². The molecule has 2 aromatic heterocycles. The first-order chi connectivity index (χ1) is 11.1. The second-order valence-electron chi connectivity index (χ2n) is 5.89. The van der Waals surface area contributed by atoms with Crippen LogP contribution in [0.25, 0.3) is 27.8 Å². The molecule has 4 aromatic rings. The molecule has 0 aliphatic carbocycles. The average Bonchev–Trinajstić information content (AvgIpc) is 3.08. The van der Waals surface area contributed by atoms with E-state index in [9.17, 15) is 0 Å². The number of hydrogen-bond acceptors (Lipinski definition) is 2. The van der Waals surface area contributed by atoms with E-state index in [4.69, 9.17) is 0 Å². The van der Waals surface area contributed by atoms with Crippen molar-refractivity contribution in [1.82, 2.24) is 19.6 Å².